The van der Waals surface area contributed by atoms with E-state index in [4.69, 9.17) is 10.5 Å². The highest BCUT2D eigenvalue weighted by Crippen LogP contribution is 2.36. The van der Waals surface area contributed by atoms with Crippen LogP contribution in [0.25, 0.3) is 0 Å². The van der Waals surface area contributed by atoms with Gasteiger partial charge in [0.25, 0.3) is 0 Å². The van der Waals surface area contributed by atoms with E-state index in [0.717, 1.165) is 32.2 Å². The van der Waals surface area contributed by atoms with Crippen LogP contribution in [0.5, 0.6) is 0 Å². The summed E-state index contributed by atoms with van der Waals surface area (Å²) in [7, 11) is 0. The van der Waals surface area contributed by atoms with E-state index in [1.54, 1.807) is 0 Å². The van der Waals surface area contributed by atoms with Gasteiger partial charge in [0, 0.05) is 25.2 Å². The van der Waals surface area contributed by atoms with Gasteiger partial charge in [0.1, 0.15) is 0 Å². The predicted molar refractivity (Wildman–Crippen MR) is 80.3 cm³/mol. The van der Waals surface area contributed by atoms with Gasteiger partial charge in [-0.2, -0.15) is 0 Å². The maximum absolute atomic E-state index is 6.20. The quantitative estimate of drug-likeness (QED) is 0.833. The molecule has 0 aromatic heterocycles. The van der Waals surface area contributed by atoms with Crippen LogP contribution in [0.3, 0.4) is 0 Å². The molecule has 2 N–H and O–H groups in total. The molecule has 2 rings (SSSR count). The lowest BCUT2D eigenvalue weighted by Gasteiger charge is -2.48. The molecule has 1 aliphatic carbocycles. The van der Waals surface area contributed by atoms with E-state index in [2.05, 4.69) is 18.7 Å². The Morgan fingerprint density at radius 1 is 1.26 bits per heavy atom. The van der Waals surface area contributed by atoms with E-state index < -0.39 is 0 Å². The lowest BCUT2D eigenvalue weighted by molar-refractivity contribution is -0.0420. The molecule has 2 aliphatic rings. The predicted octanol–water partition coefficient (Wildman–Crippen LogP) is 2.79. The van der Waals surface area contributed by atoms with Crippen LogP contribution in [-0.2, 0) is 4.74 Å². The van der Waals surface area contributed by atoms with Crippen molar-refractivity contribution in [2.24, 2.45) is 11.7 Å². The molecule has 112 valence electrons. The number of nitrogens with zero attached hydrogens (tertiary/aromatic N) is 1. The van der Waals surface area contributed by atoms with E-state index in [0.29, 0.717) is 6.10 Å². The summed E-state index contributed by atoms with van der Waals surface area (Å²) in [5.74, 6) is 0.818. The highest BCUT2D eigenvalue weighted by atomic mass is 16.5. The van der Waals surface area contributed by atoms with E-state index >= 15 is 0 Å². The zero-order valence-electron chi connectivity index (χ0n) is 12.9. The second-order valence-corrected chi connectivity index (χ2v) is 6.66. The van der Waals surface area contributed by atoms with Crippen LogP contribution in [0.2, 0.25) is 0 Å². The molecule has 19 heavy (non-hydrogen) atoms. The Labute approximate surface area is 118 Å². The van der Waals surface area contributed by atoms with Crippen molar-refractivity contribution in [1.82, 2.24) is 4.90 Å². The molecular weight excluding hydrogens is 236 g/mol. The maximum Gasteiger partial charge on any atom is 0.0702 e. The summed E-state index contributed by atoms with van der Waals surface area (Å²) >= 11 is 0. The SMILES string of the molecule is CCN(CC1CCCCO1)C1(CN)CCCC(C)C1. The fourth-order valence-corrected chi connectivity index (χ4v) is 4.09. The number of nitrogens with two attached hydrogens (primary N) is 1. The number of ether oxygens (including phenoxy) is 1. The summed E-state index contributed by atoms with van der Waals surface area (Å²) in [6.07, 6.45) is 9.48. The number of hydrogen-bond acceptors (Lipinski definition) is 3. The minimum atomic E-state index is 0.243. The first kappa shape index (κ1) is 15.3. The zero-order valence-corrected chi connectivity index (χ0v) is 12.9. The molecular formula is C16H32N2O. The Hall–Kier alpha value is -0.120. The summed E-state index contributed by atoms with van der Waals surface area (Å²) in [5, 5.41) is 0. The van der Waals surface area contributed by atoms with Gasteiger partial charge in [-0.05, 0) is 44.6 Å². The Morgan fingerprint density at radius 2 is 2.11 bits per heavy atom. The van der Waals surface area contributed by atoms with Crippen LogP contribution >= 0.6 is 0 Å². The van der Waals surface area contributed by atoms with Crippen LogP contribution < -0.4 is 5.73 Å². The van der Waals surface area contributed by atoms with Gasteiger partial charge in [-0.3, -0.25) is 4.90 Å². The van der Waals surface area contributed by atoms with Crippen molar-refractivity contribution >= 4 is 0 Å². The topological polar surface area (TPSA) is 38.5 Å². The fourth-order valence-electron chi connectivity index (χ4n) is 4.09. The van der Waals surface area contributed by atoms with Crippen molar-refractivity contribution in [3.8, 4) is 0 Å². The van der Waals surface area contributed by atoms with Gasteiger partial charge in [-0.25, -0.2) is 0 Å². The molecule has 0 bridgehead atoms. The third-order valence-corrected chi connectivity index (χ3v) is 5.20. The van der Waals surface area contributed by atoms with Gasteiger partial charge < -0.3 is 10.5 Å². The number of likely N-dealkylation sites (N-methyl/N-ethyl adjacent to an activating group) is 1. The molecule has 2 fully saturated rings. The number of rotatable bonds is 5. The molecule has 0 radical (unpaired) electrons. The molecule has 3 atom stereocenters. The van der Waals surface area contributed by atoms with Gasteiger partial charge >= 0.3 is 0 Å². The molecule has 3 heteroatoms. The van der Waals surface area contributed by atoms with Gasteiger partial charge in [-0.1, -0.05) is 26.7 Å². The van der Waals surface area contributed by atoms with Crippen molar-refractivity contribution in [1.29, 1.82) is 0 Å². The summed E-state index contributed by atoms with van der Waals surface area (Å²) in [6, 6.07) is 0. The van der Waals surface area contributed by atoms with Crippen molar-refractivity contribution in [2.45, 2.75) is 70.4 Å². The molecule has 0 spiro atoms. The molecule has 0 aromatic rings. The molecule has 0 amide bonds. The van der Waals surface area contributed by atoms with Gasteiger partial charge in [0.05, 0.1) is 6.10 Å². The van der Waals surface area contributed by atoms with Crippen molar-refractivity contribution < 1.29 is 4.74 Å². The molecule has 1 saturated carbocycles. The normalized spacial score (nSPS) is 36.6. The Balaban J connectivity index is 2.00. The molecule has 0 aromatic carbocycles. The first-order valence-electron chi connectivity index (χ1n) is 8.27. The van der Waals surface area contributed by atoms with Crippen LogP contribution in [0.4, 0.5) is 0 Å². The molecule has 1 heterocycles. The molecule has 1 aliphatic heterocycles. The monoisotopic (exact) mass is 268 g/mol. The minimum Gasteiger partial charge on any atom is -0.377 e. The Kier molecular flexibility index (Phi) is 5.67. The average Bonchev–Trinajstić information content (AvgIpc) is 2.45. The van der Waals surface area contributed by atoms with Gasteiger partial charge in [0.15, 0.2) is 0 Å². The fraction of sp³-hybridized carbons (Fsp3) is 1.00. The molecule has 1 saturated heterocycles. The standard InChI is InChI=1S/C16H32N2O/c1-3-18(12-15-8-4-5-10-19-15)16(13-17)9-6-7-14(2)11-16/h14-15H,3-13,17H2,1-2H3. The summed E-state index contributed by atoms with van der Waals surface area (Å²) in [5.41, 5.74) is 6.44. The van der Waals surface area contributed by atoms with Crippen LogP contribution in [-0.4, -0.2) is 42.8 Å². The van der Waals surface area contributed by atoms with E-state index in [-0.39, 0.29) is 5.54 Å². The van der Waals surface area contributed by atoms with Crippen molar-refractivity contribution in [3.05, 3.63) is 0 Å². The van der Waals surface area contributed by atoms with Crippen molar-refractivity contribution in [3.63, 3.8) is 0 Å². The van der Waals surface area contributed by atoms with Crippen LogP contribution in [0, 0.1) is 5.92 Å². The summed E-state index contributed by atoms with van der Waals surface area (Å²) < 4.78 is 5.93. The van der Waals surface area contributed by atoms with E-state index in [1.807, 2.05) is 0 Å². The smallest absolute Gasteiger partial charge is 0.0702 e. The Morgan fingerprint density at radius 3 is 2.68 bits per heavy atom. The zero-order chi connectivity index (χ0) is 13.7. The third kappa shape index (κ3) is 3.71. The summed E-state index contributed by atoms with van der Waals surface area (Å²) in [4.78, 5) is 2.64. The molecule has 3 nitrogen and oxygen atoms in total. The number of hydrogen-bond donors (Lipinski definition) is 1. The van der Waals surface area contributed by atoms with E-state index in [1.165, 1.54) is 44.9 Å². The van der Waals surface area contributed by atoms with Gasteiger partial charge in [0.2, 0.25) is 0 Å². The summed E-state index contributed by atoms with van der Waals surface area (Å²) in [6.45, 7) is 8.60. The highest BCUT2D eigenvalue weighted by molar-refractivity contribution is 4.96. The highest BCUT2D eigenvalue weighted by Gasteiger charge is 2.39. The second-order valence-electron chi connectivity index (χ2n) is 6.66. The van der Waals surface area contributed by atoms with Crippen molar-refractivity contribution in [2.75, 3.05) is 26.2 Å². The second kappa shape index (κ2) is 7.05. The minimum absolute atomic E-state index is 0.243. The lowest BCUT2D eigenvalue weighted by Crippen LogP contribution is -2.58. The maximum atomic E-state index is 6.20. The van der Waals surface area contributed by atoms with Gasteiger partial charge in [-0.15, -0.1) is 0 Å². The lowest BCUT2D eigenvalue weighted by atomic mass is 9.75. The Bertz CT molecular complexity index is 265. The van der Waals surface area contributed by atoms with E-state index in [9.17, 15) is 0 Å². The van der Waals surface area contributed by atoms with Crippen LogP contribution in [0.1, 0.15) is 58.8 Å². The largest absolute Gasteiger partial charge is 0.377 e. The third-order valence-electron chi connectivity index (χ3n) is 5.20. The first-order valence-corrected chi connectivity index (χ1v) is 8.27. The van der Waals surface area contributed by atoms with Crippen LogP contribution in [0.15, 0.2) is 0 Å². The molecule has 3 unspecified atom stereocenters. The average molecular weight is 268 g/mol. The first-order chi connectivity index (χ1) is 9.20.